The molecule has 0 bridgehead atoms. The van der Waals surface area contributed by atoms with Gasteiger partial charge in [-0.05, 0) is 37.5 Å². The summed E-state index contributed by atoms with van der Waals surface area (Å²) in [4.78, 5) is 13.8. The molecule has 20 heavy (non-hydrogen) atoms. The highest BCUT2D eigenvalue weighted by atomic mass is 19.4. The molecule has 0 aromatic heterocycles. The first kappa shape index (κ1) is 14.8. The average molecular weight is 287 g/mol. The monoisotopic (exact) mass is 287 g/mol. The van der Waals surface area contributed by atoms with Gasteiger partial charge in [0.1, 0.15) is 0 Å². The molecule has 6 heteroatoms. The maximum absolute atomic E-state index is 12.7. The SMILES string of the molecule is O=C(c1cccc(C(F)(F)F)c1)N(CCO)C1CCC1. The van der Waals surface area contributed by atoms with Crippen LogP contribution in [0.4, 0.5) is 13.2 Å². The molecule has 1 aliphatic carbocycles. The highest BCUT2D eigenvalue weighted by Crippen LogP contribution is 2.31. The fourth-order valence-electron chi connectivity index (χ4n) is 2.25. The van der Waals surface area contributed by atoms with Crippen LogP contribution in [0.25, 0.3) is 0 Å². The molecule has 1 saturated carbocycles. The zero-order chi connectivity index (χ0) is 14.8. The number of aliphatic hydroxyl groups excluding tert-OH is 1. The van der Waals surface area contributed by atoms with Crippen molar-refractivity contribution < 1.29 is 23.1 Å². The molecule has 110 valence electrons. The summed E-state index contributed by atoms with van der Waals surface area (Å²) in [5.41, 5.74) is -0.818. The summed E-state index contributed by atoms with van der Waals surface area (Å²) in [6.45, 7) is -0.0407. The van der Waals surface area contributed by atoms with E-state index >= 15 is 0 Å². The van der Waals surface area contributed by atoms with E-state index < -0.39 is 17.6 Å². The first-order valence-electron chi connectivity index (χ1n) is 6.52. The predicted molar refractivity (Wildman–Crippen MR) is 67.2 cm³/mol. The average Bonchev–Trinajstić information content (AvgIpc) is 2.34. The van der Waals surface area contributed by atoms with Crippen LogP contribution in [0.1, 0.15) is 35.2 Å². The minimum atomic E-state index is -4.46. The van der Waals surface area contributed by atoms with Gasteiger partial charge in [-0.15, -0.1) is 0 Å². The Morgan fingerprint density at radius 1 is 1.35 bits per heavy atom. The van der Waals surface area contributed by atoms with Crippen molar-refractivity contribution >= 4 is 5.91 Å². The molecule has 1 amide bonds. The maximum Gasteiger partial charge on any atom is 0.416 e. The third-order valence-corrected chi connectivity index (χ3v) is 3.55. The van der Waals surface area contributed by atoms with Crippen LogP contribution in [0.5, 0.6) is 0 Å². The van der Waals surface area contributed by atoms with Crippen molar-refractivity contribution in [1.29, 1.82) is 0 Å². The zero-order valence-electron chi connectivity index (χ0n) is 10.9. The number of alkyl halides is 3. The smallest absolute Gasteiger partial charge is 0.395 e. The van der Waals surface area contributed by atoms with Gasteiger partial charge in [-0.2, -0.15) is 13.2 Å². The fraction of sp³-hybridized carbons (Fsp3) is 0.500. The van der Waals surface area contributed by atoms with Crippen LogP contribution in [0.3, 0.4) is 0 Å². The number of benzene rings is 1. The van der Waals surface area contributed by atoms with E-state index in [9.17, 15) is 18.0 Å². The summed E-state index contributed by atoms with van der Waals surface area (Å²) in [6.07, 6.45) is -1.79. The van der Waals surface area contributed by atoms with Crippen molar-refractivity contribution in [3.05, 3.63) is 35.4 Å². The molecule has 3 nitrogen and oxygen atoms in total. The van der Waals surface area contributed by atoms with Gasteiger partial charge in [0.25, 0.3) is 5.91 Å². The summed E-state index contributed by atoms with van der Waals surface area (Å²) < 4.78 is 38.0. The van der Waals surface area contributed by atoms with Crippen LogP contribution in [-0.4, -0.2) is 35.1 Å². The quantitative estimate of drug-likeness (QED) is 0.925. The lowest BCUT2D eigenvalue weighted by molar-refractivity contribution is -0.137. The van der Waals surface area contributed by atoms with Gasteiger partial charge in [-0.1, -0.05) is 6.07 Å². The Kier molecular flexibility index (Phi) is 4.32. The van der Waals surface area contributed by atoms with Gasteiger partial charge in [-0.3, -0.25) is 4.79 Å². The minimum Gasteiger partial charge on any atom is -0.395 e. The van der Waals surface area contributed by atoms with E-state index in [1.165, 1.54) is 17.0 Å². The highest BCUT2D eigenvalue weighted by Gasteiger charge is 2.33. The van der Waals surface area contributed by atoms with E-state index in [0.717, 1.165) is 31.4 Å². The first-order chi connectivity index (χ1) is 9.43. The van der Waals surface area contributed by atoms with Gasteiger partial charge in [-0.25, -0.2) is 0 Å². The Bertz CT molecular complexity index is 484. The normalized spacial score (nSPS) is 15.8. The van der Waals surface area contributed by atoms with E-state index in [2.05, 4.69) is 0 Å². The van der Waals surface area contributed by atoms with Gasteiger partial charge in [0, 0.05) is 18.2 Å². The second-order valence-corrected chi connectivity index (χ2v) is 4.89. The molecule has 0 saturated heterocycles. The Labute approximate surface area is 115 Å². The number of rotatable bonds is 4. The Hall–Kier alpha value is -1.56. The van der Waals surface area contributed by atoms with Crippen molar-refractivity contribution in [2.24, 2.45) is 0 Å². The number of halogens is 3. The molecule has 1 aliphatic rings. The molecule has 1 N–H and O–H groups in total. The van der Waals surface area contributed by atoms with Crippen molar-refractivity contribution in [1.82, 2.24) is 4.90 Å². The van der Waals surface area contributed by atoms with Gasteiger partial charge < -0.3 is 10.0 Å². The van der Waals surface area contributed by atoms with Crippen LogP contribution in [0, 0.1) is 0 Å². The predicted octanol–water partition coefficient (Wildman–Crippen LogP) is 2.69. The van der Waals surface area contributed by atoms with E-state index in [1.54, 1.807) is 0 Å². The molecule has 0 radical (unpaired) electrons. The van der Waals surface area contributed by atoms with Gasteiger partial charge >= 0.3 is 6.18 Å². The molecule has 1 aromatic rings. The Morgan fingerprint density at radius 2 is 2.05 bits per heavy atom. The second kappa shape index (κ2) is 5.83. The molecule has 2 rings (SSSR count). The van der Waals surface area contributed by atoms with Crippen molar-refractivity contribution in [3.63, 3.8) is 0 Å². The van der Waals surface area contributed by atoms with Crippen LogP contribution in [-0.2, 0) is 6.18 Å². The van der Waals surface area contributed by atoms with Crippen LogP contribution >= 0.6 is 0 Å². The second-order valence-electron chi connectivity index (χ2n) is 4.89. The van der Waals surface area contributed by atoms with Gasteiger partial charge in [0.05, 0.1) is 12.2 Å². The van der Waals surface area contributed by atoms with Crippen molar-refractivity contribution in [2.45, 2.75) is 31.5 Å². The number of amides is 1. The lowest BCUT2D eigenvalue weighted by atomic mass is 9.91. The molecule has 0 heterocycles. The third-order valence-electron chi connectivity index (χ3n) is 3.55. The van der Waals surface area contributed by atoms with E-state index in [4.69, 9.17) is 5.11 Å². The summed E-state index contributed by atoms with van der Waals surface area (Å²) in [7, 11) is 0. The number of hydrogen-bond acceptors (Lipinski definition) is 2. The summed E-state index contributed by atoms with van der Waals surface area (Å²) in [5, 5.41) is 9.01. The van der Waals surface area contributed by atoms with Gasteiger partial charge in [0.2, 0.25) is 0 Å². The summed E-state index contributed by atoms with van der Waals surface area (Å²) in [5.74, 6) is -0.449. The highest BCUT2D eigenvalue weighted by molar-refractivity contribution is 5.94. The number of nitrogens with zero attached hydrogens (tertiary/aromatic N) is 1. The lowest BCUT2D eigenvalue weighted by Gasteiger charge is -2.37. The summed E-state index contributed by atoms with van der Waals surface area (Å²) >= 11 is 0. The molecule has 0 aliphatic heterocycles. The number of carbonyl (C=O) groups is 1. The maximum atomic E-state index is 12.7. The van der Waals surface area contributed by atoms with E-state index in [-0.39, 0.29) is 24.8 Å². The first-order valence-corrected chi connectivity index (χ1v) is 6.52. The number of carbonyl (C=O) groups excluding carboxylic acids is 1. The molecular formula is C14H16F3NO2. The lowest BCUT2D eigenvalue weighted by Crippen LogP contribution is -2.45. The molecule has 1 fully saturated rings. The van der Waals surface area contributed by atoms with Crippen molar-refractivity contribution in [2.75, 3.05) is 13.2 Å². The molecule has 1 aromatic carbocycles. The fourth-order valence-corrected chi connectivity index (χ4v) is 2.25. The standard InChI is InChI=1S/C14H16F3NO2/c15-14(16,17)11-4-1-3-10(9-11)13(20)18(7-8-19)12-5-2-6-12/h1,3-4,9,12,19H,2,5-8H2. The largest absolute Gasteiger partial charge is 0.416 e. The molecule has 0 spiro atoms. The minimum absolute atomic E-state index is 0.0141. The number of hydrogen-bond donors (Lipinski definition) is 1. The van der Waals surface area contributed by atoms with Crippen molar-refractivity contribution in [3.8, 4) is 0 Å². The summed E-state index contributed by atoms with van der Waals surface area (Å²) in [6, 6.07) is 4.44. The Balaban J connectivity index is 2.22. The van der Waals surface area contributed by atoms with E-state index in [0.29, 0.717) is 0 Å². The van der Waals surface area contributed by atoms with Gasteiger partial charge in [0.15, 0.2) is 0 Å². The van der Waals surface area contributed by atoms with Crippen LogP contribution in [0.15, 0.2) is 24.3 Å². The number of aliphatic hydroxyl groups is 1. The van der Waals surface area contributed by atoms with E-state index in [1.807, 2.05) is 0 Å². The van der Waals surface area contributed by atoms with Crippen LogP contribution in [0.2, 0.25) is 0 Å². The topological polar surface area (TPSA) is 40.5 Å². The van der Waals surface area contributed by atoms with Crippen LogP contribution < -0.4 is 0 Å². The third kappa shape index (κ3) is 3.12. The zero-order valence-corrected chi connectivity index (χ0v) is 10.9. The Morgan fingerprint density at radius 3 is 2.55 bits per heavy atom. The molecule has 0 unspecified atom stereocenters. The molecule has 0 atom stereocenters. The molecular weight excluding hydrogens is 271 g/mol.